The number of hydrogen-bond donors (Lipinski definition) is 1. The molecule has 2 saturated heterocycles. The van der Waals surface area contributed by atoms with Gasteiger partial charge in [0.1, 0.15) is 0 Å². The Kier molecular flexibility index (Phi) is 5.10. The standard InChI is InChI=1S/C23H31N3O3/c1-15(2)9-16-3-4-21-19(10-16)22(20-14-28-8-6-24-20)23(27)26(21)17-5-7-25(11-17)18-12-29-13-18/h3-4,10,15,17-18,27H,5-9,11-14H2,1-2H3/t17-/m0/s1. The van der Waals surface area contributed by atoms with Crippen LogP contribution in [0.15, 0.2) is 23.2 Å². The zero-order chi connectivity index (χ0) is 20.0. The molecule has 1 aromatic heterocycles. The Balaban J connectivity index is 1.58. The van der Waals surface area contributed by atoms with Crippen molar-refractivity contribution >= 4 is 16.6 Å². The minimum absolute atomic E-state index is 0.271. The highest BCUT2D eigenvalue weighted by atomic mass is 16.5. The minimum atomic E-state index is 0.271. The molecule has 0 saturated carbocycles. The fourth-order valence-corrected chi connectivity index (χ4v) is 4.96. The number of aromatic hydroxyl groups is 1. The summed E-state index contributed by atoms with van der Waals surface area (Å²) < 4.78 is 13.2. The Morgan fingerprint density at radius 3 is 2.76 bits per heavy atom. The van der Waals surface area contributed by atoms with Crippen LogP contribution in [-0.2, 0) is 15.9 Å². The van der Waals surface area contributed by atoms with Gasteiger partial charge in [-0.3, -0.25) is 9.89 Å². The lowest BCUT2D eigenvalue weighted by Gasteiger charge is -2.34. The van der Waals surface area contributed by atoms with Crippen LogP contribution in [0.25, 0.3) is 10.9 Å². The molecule has 5 rings (SSSR count). The monoisotopic (exact) mass is 397 g/mol. The second-order valence-corrected chi connectivity index (χ2v) is 9.03. The van der Waals surface area contributed by atoms with Crippen LogP contribution in [0.4, 0.5) is 0 Å². The molecule has 3 aliphatic heterocycles. The Labute approximate surface area is 172 Å². The van der Waals surface area contributed by atoms with Crippen molar-refractivity contribution in [1.82, 2.24) is 9.47 Å². The Hall–Kier alpha value is -1.89. The van der Waals surface area contributed by atoms with Crippen LogP contribution in [0.2, 0.25) is 0 Å². The molecular formula is C23H31N3O3. The maximum atomic E-state index is 11.4. The van der Waals surface area contributed by atoms with E-state index < -0.39 is 0 Å². The van der Waals surface area contributed by atoms with Crippen LogP contribution in [-0.4, -0.2) is 72.4 Å². The number of ether oxygens (including phenoxy) is 2. The summed E-state index contributed by atoms with van der Waals surface area (Å²) in [6.07, 6.45) is 2.08. The van der Waals surface area contributed by atoms with Gasteiger partial charge in [0, 0.05) is 18.5 Å². The molecule has 1 aromatic carbocycles. The molecule has 1 atom stereocenters. The predicted octanol–water partition coefficient (Wildman–Crippen LogP) is 3.01. The van der Waals surface area contributed by atoms with Gasteiger partial charge in [-0.2, -0.15) is 0 Å². The Morgan fingerprint density at radius 2 is 2.07 bits per heavy atom. The topological polar surface area (TPSA) is 59.2 Å². The van der Waals surface area contributed by atoms with Crippen LogP contribution in [0.3, 0.4) is 0 Å². The second kappa shape index (κ2) is 7.74. The van der Waals surface area contributed by atoms with Crippen LogP contribution >= 0.6 is 0 Å². The lowest BCUT2D eigenvalue weighted by Crippen LogP contribution is -2.47. The quantitative estimate of drug-likeness (QED) is 0.843. The Bertz CT molecular complexity index is 929. The van der Waals surface area contributed by atoms with Crippen molar-refractivity contribution in [3.8, 4) is 5.88 Å². The Morgan fingerprint density at radius 1 is 1.21 bits per heavy atom. The number of hydrogen-bond acceptors (Lipinski definition) is 5. The van der Waals surface area contributed by atoms with Gasteiger partial charge in [-0.05, 0) is 36.5 Å². The van der Waals surface area contributed by atoms with Crippen LogP contribution in [0, 0.1) is 5.92 Å². The molecule has 3 aliphatic rings. The number of likely N-dealkylation sites (tertiary alicyclic amines) is 1. The molecule has 0 bridgehead atoms. The molecule has 2 aromatic rings. The van der Waals surface area contributed by atoms with Crippen molar-refractivity contribution in [2.45, 2.75) is 38.8 Å². The van der Waals surface area contributed by atoms with Gasteiger partial charge < -0.3 is 19.1 Å². The van der Waals surface area contributed by atoms with Crippen molar-refractivity contribution in [3.63, 3.8) is 0 Å². The number of nitrogens with zero attached hydrogens (tertiary/aromatic N) is 3. The minimum Gasteiger partial charge on any atom is -0.494 e. The molecule has 0 spiro atoms. The van der Waals surface area contributed by atoms with E-state index in [1.54, 1.807) is 0 Å². The molecule has 0 amide bonds. The SMILES string of the molecule is CC(C)Cc1ccc2c(c1)c(C1=NCCOC1)c(O)n2[C@H]1CCN(C2COC2)C1. The smallest absolute Gasteiger partial charge is 0.201 e. The van der Waals surface area contributed by atoms with Crippen molar-refractivity contribution < 1.29 is 14.6 Å². The van der Waals surface area contributed by atoms with E-state index in [1.165, 1.54) is 5.56 Å². The lowest BCUT2D eigenvalue weighted by atomic mass is 9.99. The van der Waals surface area contributed by atoms with Gasteiger partial charge in [0.15, 0.2) is 0 Å². The summed E-state index contributed by atoms with van der Waals surface area (Å²) >= 11 is 0. The van der Waals surface area contributed by atoms with E-state index in [0.29, 0.717) is 37.6 Å². The molecule has 0 aliphatic carbocycles. The summed E-state index contributed by atoms with van der Waals surface area (Å²) in [5.74, 6) is 0.942. The van der Waals surface area contributed by atoms with Crippen molar-refractivity contribution in [3.05, 3.63) is 29.3 Å². The van der Waals surface area contributed by atoms with E-state index in [0.717, 1.165) is 61.3 Å². The normalized spacial score (nSPS) is 23.7. The summed E-state index contributed by atoms with van der Waals surface area (Å²) in [5.41, 5.74) is 4.16. The van der Waals surface area contributed by atoms with Crippen molar-refractivity contribution in [2.24, 2.45) is 10.9 Å². The molecule has 4 heterocycles. The zero-order valence-electron chi connectivity index (χ0n) is 17.4. The van der Waals surface area contributed by atoms with E-state index in [9.17, 15) is 5.11 Å². The summed E-state index contributed by atoms with van der Waals surface area (Å²) in [4.78, 5) is 7.21. The predicted molar refractivity (Wildman–Crippen MR) is 114 cm³/mol. The first-order chi connectivity index (χ1) is 14.1. The fourth-order valence-electron chi connectivity index (χ4n) is 4.96. The fraction of sp³-hybridized carbons (Fsp3) is 0.609. The number of fused-ring (bicyclic) bond motifs is 1. The second-order valence-electron chi connectivity index (χ2n) is 9.03. The van der Waals surface area contributed by atoms with Gasteiger partial charge in [0.05, 0.1) is 61.8 Å². The van der Waals surface area contributed by atoms with Gasteiger partial charge in [-0.25, -0.2) is 0 Å². The highest BCUT2D eigenvalue weighted by molar-refractivity contribution is 6.14. The van der Waals surface area contributed by atoms with Gasteiger partial charge in [0.2, 0.25) is 5.88 Å². The lowest BCUT2D eigenvalue weighted by molar-refractivity contribution is -0.0578. The number of rotatable bonds is 5. The third kappa shape index (κ3) is 3.47. The number of benzene rings is 1. The summed E-state index contributed by atoms with van der Waals surface area (Å²) in [6, 6.07) is 7.47. The largest absolute Gasteiger partial charge is 0.494 e. The van der Waals surface area contributed by atoms with E-state index in [4.69, 9.17) is 14.5 Å². The molecule has 2 fully saturated rings. The van der Waals surface area contributed by atoms with Crippen molar-refractivity contribution in [1.29, 1.82) is 0 Å². The highest BCUT2D eigenvalue weighted by Gasteiger charge is 2.35. The van der Waals surface area contributed by atoms with Gasteiger partial charge in [0.25, 0.3) is 0 Å². The van der Waals surface area contributed by atoms with E-state index in [2.05, 4.69) is 41.5 Å². The molecule has 6 heteroatoms. The van der Waals surface area contributed by atoms with Crippen LogP contribution in [0.1, 0.15) is 37.4 Å². The summed E-state index contributed by atoms with van der Waals surface area (Å²) in [6.45, 7) is 9.95. The third-order valence-corrected chi connectivity index (χ3v) is 6.45. The van der Waals surface area contributed by atoms with Gasteiger partial charge in [-0.15, -0.1) is 0 Å². The molecule has 0 radical (unpaired) electrons. The highest BCUT2D eigenvalue weighted by Crippen LogP contribution is 2.39. The molecule has 0 unspecified atom stereocenters. The van der Waals surface area contributed by atoms with Crippen molar-refractivity contribution in [2.75, 3.05) is 46.1 Å². The van der Waals surface area contributed by atoms with E-state index in [1.807, 2.05) is 0 Å². The van der Waals surface area contributed by atoms with Crippen LogP contribution < -0.4 is 0 Å². The molecule has 156 valence electrons. The average Bonchev–Trinajstić information content (AvgIpc) is 3.22. The van der Waals surface area contributed by atoms with E-state index >= 15 is 0 Å². The summed E-state index contributed by atoms with van der Waals surface area (Å²) in [5, 5.41) is 12.5. The first-order valence-corrected chi connectivity index (χ1v) is 10.9. The number of aromatic nitrogens is 1. The van der Waals surface area contributed by atoms with Gasteiger partial charge >= 0.3 is 0 Å². The molecule has 1 N–H and O–H groups in total. The molecule has 6 nitrogen and oxygen atoms in total. The maximum Gasteiger partial charge on any atom is 0.201 e. The maximum absolute atomic E-state index is 11.4. The van der Waals surface area contributed by atoms with Gasteiger partial charge in [-0.1, -0.05) is 19.9 Å². The number of aliphatic imine (C=N–C) groups is 1. The van der Waals surface area contributed by atoms with Crippen LogP contribution in [0.5, 0.6) is 5.88 Å². The summed E-state index contributed by atoms with van der Waals surface area (Å²) in [7, 11) is 0. The average molecular weight is 398 g/mol. The molecule has 29 heavy (non-hydrogen) atoms. The first-order valence-electron chi connectivity index (χ1n) is 10.9. The molecular weight excluding hydrogens is 366 g/mol. The zero-order valence-corrected chi connectivity index (χ0v) is 17.4. The first kappa shape index (κ1) is 19.1. The van der Waals surface area contributed by atoms with E-state index in [-0.39, 0.29) is 6.04 Å². The third-order valence-electron chi connectivity index (χ3n) is 6.45.